The molecule has 0 aliphatic carbocycles. The van der Waals surface area contributed by atoms with Gasteiger partial charge in [0.1, 0.15) is 0 Å². The Labute approximate surface area is 152 Å². The molecule has 0 atom stereocenters. The van der Waals surface area contributed by atoms with Crippen molar-refractivity contribution in [3.8, 4) is 0 Å². The van der Waals surface area contributed by atoms with Crippen LogP contribution in [-0.2, 0) is 14.3 Å². The van der Waals surface area contributed by atoms with Crippen LogP contribution in [0.1, 0.15) is 50.5 Å². The van der Waals surface area contributed by atoms with Gasteiger partial charge in [-0.3, -0.25) is 4.79 Å². The van der Waals surface area contributed by atoms with E-state index in [-0.39, 0.29) is 24.7 Å². The first-order valence-electron chi connectivity index (χ1n) is 8.77. The smallest absolute Gasteiger partial charge is 0.340 e. The minimum atomic E-state index is -0.588. The van der Waals surface area contributed by atoms with Crippen LogP contribution in [0, 0.1) is 0 Å². The van der Waals surface area contributed by atoms with Gasteiger partial charge < -0.3 is 14.8 Å². The van der Waals surface area contributed by atoms with Gasteiger partial charge in [-0.1, -0.05) is 0 Å². The van der Waals surface area contributed by atoms with Gasteiger partial charge in [0.05, 0.1) is 17.9 Å². The zero-order chi connectivity index (χ0) is 19.1. The SMILES string of the molecule is CC(C)OCCCNC(=O)COC(=O)c1cnc2c(cnn2C(C)C)c1. The highest BCUT2D eigenvalue weighted by Gasteiger charge is 2.14. The molecule has 142 valence electrons. The second-order valence-electron chi connectivity index (χ2n) is 6.52. The van der Waals surface area contributed by atoms with Gasteiger partial charge in [0.2, 0.25) is 0 Å². The summed E-state index contributed by atoms with van der Waals surface area (Å²) in [6, 6.07) is 1.84. The molecule has 8 nitrogen and oxygen atoms in total. The zero-order valence-electron chi connectivity index (χ0n) is 15.7. The third-order valence-corrected chi connectivity index (χ3v) is 3.59. The van der Waals surface area contributed by atoms with E-state index in [4.69, 9.17) is 9.47 Å². The molecule has 1 amide bonds. The fourth-order valence-corrected chi connectivity index (χ4v) is 2.31. The van der Waals surface area contributed by atoms with Gasteiger partial charge in [-0.2, -0.15) is 5.10 Å². The highest BCUT2D eigenvalue weighted by Crippen LogP contribution is 2.17. The summed E-state index contributed by atoms with van der Waals surface area (Å²) in [6.07, 6.45) is 3.97. The average molecular weight is 362 g/mol. The summed E-state index contributed by atoms with van der Waals surface area (Å²) in [5, 5.41) is 7.69. The van der Waals surface area contributed by atoms with Crippen LogP contribution >= 0.6 is 0 Å². The van der Waals surface area contributed by atoms with E-state index in [2.05, 4.69) is 15.4 Å². The maximum Gasteiger partial charge on any atom is 0.340 e. The van der Waals surface area contributed by atoms with Crippen molar-refractivity contribution in [2.45, 2.75) is 46.3 Å². The molecule has 0 bridgehead atoms. The Morgan fingerprint density at radius 2 is 2.00 bits per heavy atom. The molecule has 0 aromatic carbocycles. The minimum absolute atomic E-state index is 0.172. The predicted molar refractivity (Wildman–Crippen MR) is 96.9 cm³/mol. The number of nitrogens with zero attached hydrogens (tertiary/aromatic N) is 3. The van der Waals surface area contributed by atoms with Crippen molar-refractivity contribution in [2.24, 2.45) is 0 Å². The van der Waals surface area contributed by atoms with Crippen LogP contribution in [0.3, 0.4) is 0 Å². The number of carbonyl (C=O) groups excluding carboxylic acids is 2. The lowest BCUT2D eigenvalue weighted by molar-refractivity contribution is -0.124. The summed E-state index contributed by atoms with van der Waals surface area (Å²) in [7, 11) is 0. The topological polar surface area (TPSA) is 95.3 Å². The molecule has 0 fully saturated rings. The lowest BCUT2D eigenvalue weighted by atomic mass is 10.2. The van der Waals surface area contributed by atoms with Crippen molar-refractivity contribution in [1.82, 2.24) is 20.1 Å². The maximum absolute atomic E-state index is 12.1. The summed E-state index contributed by atoms with van der Waals surface area (Å²) >= 11 is 0. The van der Waals surface area contributed by atoms with Crippen molar-refractivity contribution in [1.29, 1.82) is 0 Å². The summed E-state index contributed by atoms with van der Waals surface area (Å²) < 4.78 is 12.2. The number of hydrogen-bond donors (Lipinski definition) is 1. The predicted octanol–water partition coefficient (Wildman–Crippen LogP) is 2.10. The molecule has 0 unspecified atom stereocenters. The second kappa shape index (κ2) is 9.28. The van der Waals surface area contributed by atoms with Gasteiger partial charge in [-0.25, -0.2) is 14.5 Å². The number of aromatic nitrogens is 3. The van der Waals surface area contributed by atoms with Crippen LogP contribution in [0.4, 0.5) is 0 Å². The first-order valence-corrected chi connectivity index (χ1v) is 8.77. The fraction of sp³-hybridized carbons (Fsp3) is 0.556. The summed E-state index contributed by atoms with van der Waals surface area (Å²) in [4.78, 5) is 28.1. The van der Waals surface area contributed by atoms with Crippen molar-refractivity contribution in [3.63, 3.8) is 0 Å². The Hall–Kier alpha value is -2.48. The molecule has 8 heteroatoms. The van der Waals surface area contributed by atoms with Crippen LogP contribution in [0.2, 0.25) is 0 Å². The average Bonchev–Trinajstić information content (AvgIpc) is 3.02. The highest BCUT2D eigenvalue weighted by molar-refractivity contribution is 5.94. The molecule has 2 rings (SSSR count). The highest BCUT2D eigenvalue weighted by atomic mass is 16.5. The van der Waals surface area contributed by atoms with E-state index in [0.29, 0.717) is 30.8 Å². The minimum Gasteiger partial charge on any atom is -0.452 e. The quantitative estimate of drug-likeness (QED) is 0.542. The fourth-order valence-electron chi connectivity index (χ4n) is 2.31. The van der Waals surface area contributed by atoms with Gasteiger partial charge in [-0.15, -0.1) is 0 Å². The largest absolute Gasteiger partial charge is 0.452 e. The second-order valence-corrected chi connectivity index (χ2v) is 6.52. The van der Waals surface area contributed by atoms with E-state index in [1.807, 2.05) is 27.7 Å². The number of carbonyl (C=O) groups is 2. The van der Waals surface area contributed by atoms with Gasteiger partial charge in [0.15, 0.2) is 12.3 Å². The van der Waals surface area contributed by atoms with E-state index in [9.17, 15) is 9.59 Å². The lowest BCUT2D eigenvalue weighted by Gasteiger charge is -2.09. The van der Waals surface area contributed by atoms with Crippen LogP contribution in [0.25, 0.3) is 11.0 Å². The molecule has 2 heterocycles. The molecular formula is C18H26N4O4. The van der Waals surface area contributed by atoms with Crippen molar-refractivity contribution in [3.05, 3.63) is 24.0 Å². The Kier molecular flexibility index (Phi) is 7.08. The third-order valence-electron chi connectivity index (χ3n) is 3.59. The first-order chi connectivity index (χ1) is 12.4. The Morgan fingerprint density at radius 1 is 1.23 bits per heavy atom. The van der Waals surface area contributed by atoms with Gasteiger partial charge in [-0.05, 0) is 40.2 Å². The van der Waals surface area contributed by atoms with E-state index < -0.39 is 5.97 Å². The monoisotopic (exact) mass is 362 g/mol. The Bertz CT molecular complexity index is 755. The van der Waals surface area contributed by atoms with Gasteiger partial charge >= 0.3 is 5.97 Å². The number of rotatable bonds is 9. The first kappa shape index (κ1) is 19.8. The molecule has 0 spiro atoms. The van der Waals surface area contributed by atoms with Crippen molar-refractivity contribution < 1.29 is 19.1 Å². The van der Waals surface area contributed by atoms with Crippen LogP contribution < -0.4 is 5.32 Å². The van der Waals surface area contributed by atoms with Crippen molar-refractivity contribution in [2.75, 3.05) is 19.8 Å². The lowest BCUT2D eigenvalue weighted by Crippen LogP contribution is -2.30. The molecule has 0 radical (unpaired) electrons. The number of nitrogens with one attached hydrogen (secondary N) is 1. The number of fused-ring (bicyclic) bond motifs is 1. The molecule has 0 aliphatic heterocycles. The summed E-state index contributed by atoms with van der Waals surface area (Å²) in [5.41, 5.74) is 0.997. The zero-order valence-corrected chi connectivity index (χ0v) is 15.7. The van der Waals surface area contributed by atoms with Gasteiger partial charge in [0.25, 0.3) is 5.91 Å². The molecule has 2 aromatic heterocycles. The normalized spacial score (nSPS) is 11.3. The number of amides is 1. The van der Waals surface area contributed by atoms with E-state index >= 15 is 0 Å². The summed E-state index contributed by atoms with van der Waals surface area (Å²) in [5.74, 6) is -0.931. The number of pyridine rings is 1. The van der Waals surface area contributed by atoms with E-state index in [1.54, 1.807) is 16.9 Å². The van der Waals surface area contributed by atoms with Crippen LogP contribution in [-0.4, -0.2) is 52.5 Å². The van der Waals surface area contributed by atoms with Crippen LogP contribution in [0.15, 0.2) is 18.5 Å². The van der Waals surface area contributed by atoms with Crippen molar-refractivity contribution >= 4 is 22.9 Å². The Morgan fingerprint density at radius 3 is 2.69 bits per heavy atom. The molecular weight excluding hydrogens is 336 g/mol. The number of hydrogen-bond acceptors (Lipinski definition) is 6. The molecule has 0 saturated carbocycles. The molecule has 1 N–H and O–H groups in total. The van der Waals surface area contributed by atoms with E-state index in [0.717, 1.165) is 5.39 Å². The molecule has 0 aliphatic rings. The summed E-state index contributed by atoms with van der Waals surface area (Å²) in [6.45, 7) is 8.65. The van der Waals surface area contributed by atoms with Crippen LogP contribution in [0.5, 0.6) is 0 Å². The maximum atomic E-state index is 12.1. The Balaban J connectivity index is 1.80. The third kappa shape index (κ3) is 5.52. The molecule has 26 heavy (non-hydrogen) atoms. The molecule has 2 aromatic rings. The number of ether oxygens (including phenoxy) is 2. The number of esters is 1. The molecule has 0 saturated heterocycles. The van der Waals surface area contributed by atoms with E-state index in [1.165, 1.54) is 6.20 Å². The van der Waals surface area contributed by atoms with Gasteiger partial charge in [0, 0.05) is 30.8 Å². The standard InChI is InChI=1S/C18H26N4O4/c1-12(2)22-17-14(10-21-22)8-15(9-20-17)18(24)26-11-16(23)19-6-5-7-25-13(3)4/h8-10,12-13H,5-7,11H2,1-4H3,(H,19,23).